The summed E-state index contributed by atoms with van der Waals surface area (Å²) in [5.74, 6) is 0. The van der Waals surface area contributed by atoms with Crippen LogP contribution in [-0.2, 0) is 4.74 Å². The van der Waals surface area contributed by atoms with Crippen molar-refractivity contribution in [1.29, 1.82) is 0 Å². The smallest absolute Gasteiger partial charge is 0.0693 e. The summed E-state index contributed by atoms with van der Waals surface area (Å²) in [5.41, 5.74) is 1.34. The lowest BCUT2D eigenvalue weighted by Gasteiger charge is -2.25. The molecule has 0 heterocycles. The molecule has 2 aromatic carbocycles. The predicted octanol–water partition coefficient (Wildman–Crippen LogP) is 3.91. The average molecular weight is 257 g/mol. The maximum Gasteiger partial charge on any atom is 0.0693 e. The molecule has 0 fully saturated rings. The van der Waals surface area contributed by atoms with Gasteiger partial charge >= 0.3 is 0 Å². The van der Waals surface area contributed by atoms with E-state index in [1.54, 1.807) is 7.11 Å². The number of nitrogens with one attached hydrogen (secondary N) is 1. The molecule has 0 aliphatic rings. The lowest BCUT2D eigenvalue weighted by atomic mass is 9.99. The summed E-state index contributed by atoms with van der Waals surface area (Å²) >= 11 is 0. The van der Waals surface area contributed by atoms with Gasteiger partial charge in [0.05, 0.1) is 6.10 Å². The molecule has 0 spiro atoms. The van der Waals surface area contributed by atoms with Crippen molar-refractivity contribution in [2.24, 2.45) is 0 Å². The SMILES string of the molecule is COC(C)C(C)NC(C)c1cccc2ccccc12. The van der Waals surface area contributed by atoms with Crippen LogP contribution in [0.4, 0.5) is 0 Å². The van der Waals surface area contributed by atoms with Gasteiger partial charge in [-0.2, -0.15) is 0 Å². The van der Waals surface area contributed by atoms with Gasteiger partial charge in [0.2, 0.25) is 0 Å². The van der Waals surface area contributed by atoms with Crippen molar-refractivity contribution in [3.8, 4) is 0 Å². The largest absolute Gasteiger partial charge is 0.380 e. The Bertz CT molecular complexity index is 532. The van der Waals surface area contributed by atoms with E-state index in [1.807, 2.05) is 0 Å². The van der Waals surface area contributed by atoms with Crippen molar-refractivity contribution < 1.29 is 4.74 Å². The summed E-state index contributed by atoms with van der Waals surface area (Å²) in [5, 5.41) is 6.23. The summed E-state index contributed by atoms with van der Waals surface area (Å²) in [7, 11) is 1.76. The Kier molecular flexibility index (Phi) is 4.56. The molecule has 102 valence electrons. The number of fused-ring (bicyclic) bond motifs is 1. The van der Waals surface area contributed by atoms with Crippen LogP contribution in [-0.4, -0.2) is 19.3 Å². The quantitative estimate of drug-likeness (QED) is 0.876. The molecule has 2 rings (SSSR count). The van der Waals surface area contributed by atoms with E-state index in [4.69, 9.17) is 4.74 Å². The molecule has 1 N–H and O–H groups in total. The van der Waals surface area contributed by atoms with E-state index in [9.17, 15) is 0 Å². The molecule has 3 atom stereocenters. The number of benzene rings is 2. The molecule has 0 aliphatic heterocycles. The number of ether oxygens (including phenoxy) is 1. The van der Waals surface area contributed by atoms with Crippen LogP contribution in [0.2, 0.25) is 0 Å². The highest BCUT2D eigenvalue weighted by Crippen LogP contribution is 2.24. The van der Waals surface area contributed by atoms with Gasteiger partial charge in [-0.25, -0.2) is 0 Å². The molecule has 0 saturated heterocycles. The molecule has 3 unspecified atom stereocenters. The molecule has 0 bridgehead atoms. The van der Waals surface area contributed by atoms with Gasteiger partial charge in [0, 0.05) is 19.2 Å². The average Bonchev–Trinajstić information content (AvgIpc) is 2.45. The third-order valence-electron chi connectivity index (χ3n) is 3.88. The zero-order valence-electron chi connectivity index (χ0n) is 12.2. The van der Waals surface area contributed by atoms with E-state index in [-0.39, 0.29) is 6.10 Å². The van der Waals surface area contributed by atoms with E-state index < -0.39 is 0 Å². The normalized spacial score (nSPS) is 16.2. The Morgan fingerprint density at radius 3 is 2.37 bits per heavy atom. The van der Waals surface area contributed by atoms with Crippen molar-refractivity contribution in [1.82, 2.24) is 5.32 Å². The van der Waals surface area contributed by atoms with Gasteiger partial charge in [-0.15, -0.1) is 0 Å². The van der Waals surface area contributed by atoms with Gasteiger partial charge < -0.3 is 10.1 Å². The summed E-state index contributed by atoms with van der Waals surface area (Å²) in [6.07, 6.45) is 0.206. The molecule has 2 heteroatoms. The Labute approximate surface area is 115 Å². The number of hydrogen-bond acceptors (Lipinski definition) is 2. The Morgan fingerprint density at radius 2 is 1.63 bits per heavy atom. The minimum Gasteiger partial charge on any atom is -0.380 e. The Balaban J connectivity index is 2.24. The number of methoxy groups -OCH3 is 1. The Hall–Kier alpha value is -1.38. The first-order valence-electron chi connectivity index (χ1n) is 6.90. The van der Waals surface area contributed by atoms with Gasteiger partial charge in [0.15, 0.2) is 0 Å². The van der Waals surface area contributed by atoms with Crippen LogP contribution in [0.3, 0.4) is 0 Å². The van der Waals surface area contributed by atoms with Crippen LogP contribution >= 0.6 is 0 Å². The van der Waals surface area contributed by atoms with E-state index in [1.165, 1.54) is 16.3 Å². The highest BCUT2D eigenvalue weighted by molar-refractivity contribution is 5.86. The van der Waals surface area contributed by atoms with Crippen molar-refractivity contribution in [2.75, 3.05) is 7.11 Å². The minimum atomic E-state index is 0.206. The monoisotopic (exact) mass is 257 g/mol. The van der Waals surface area contributed by atoms with E-state index in [0.717, 1.165) is 0 Å². The van der Waals surface area contributed by atoms with Crippen LogP contribution in [0.1, 0.15) is 32.4 Å². The molecule has 2 nitrogen and oxygen atoms in total. The fourth-order valence-electron chi connectivity index (χ4n) is 2.45. The molecule has 0 aliphatic carbocycles. The first-order chi connectivity index (χ1) is 9.13. The standard InChI is InChI=1S/C17H23NO/c1-12(14(3)19-4)18-13(2)16-11-7-9-15-8-5-6-10-17(15)16/h5-14,18H,1-4H3. The van der Waals surface area contributed by atoms with Crippen LogP contribution in [0, 0.1) is 0 Å². The highest BCUT2D eigenvalue weighted by Gasteiger charge is 2.16. The molecule has 2 aromatic rings. The molecule has 0 radical (unpaired) electrons. The van der Waals surface area contributed by atoms with E-state index in [2.05, 4.69) is 68.6 Å². The van der Waals surface area contributed by atoms with Gasteiger partial charge in [0.25, 0.3) is 0 Å². The van der Waals surface area contributed by atoms with Crippen molar-refractivity contribution in [2.45, 2.75) is 39.0 Å². The summed E-state index contributed by atoms with van der Waals surface area (Å²) in [6.45, 7) is 6.46. The lowest BCUT2D eigenvalue weighted by Crippen LogP contribution is -2.38. The van der Waals surface area contributed by atoms with Gasteiger partial charge in [0.1, 0.15) is 0 Å². The minimum absolute atomic E-state index is 0.206. The highest BCUT2D eigenvalue weighted by atomic mass is 16.5. The first-order valence-corrected chi connectivity index (χ1v) is 6.90. The van der Waals surface area contributed by atoms with E-state index in [0.29, 0.717) is 12.1 Å². The fraction of sp³-hybridized carbons (Fsp3) is 0.412. The second-order valence-corrected chi connectivity index (χ2v) is 5.19. The lowest BCUT2D eigenvalue weighted by molar-refractivity contribution is 0.0852. The molecule has 0 amide bonds. The van der Waals surface area contributed by atoms with Gasteiger partial charge in [-0.05, 0) is 37.1 Å². The van der Waals surface area contributed by atoms with Crippen LogP contribution < -0.4 is 5.32 Å². The zero-order valence-corrected chi connectivity index (χ0v) is 12.2. The molecule has 0 saturated carbocycles. The van der Waals surface area contributed by atoms with Crippen molar-refractivity contribution >= 4 is 10.8 Å². The van der Waals surface area contributed by atoms with Crippen molar-refractivity contribution in [3.05, 3.63) is 48.0 Å². The molecular weight excluding hydrogens is 234 g/mol. The zero-order chi connectivity index (χ0) is 13.8. The third-order valence-corrected chi connectivity index (χ3v) is 3.88. The summed E-state index contributed by atoms with van der Waals surface area (Å²) in [4.78, 5) is 0. The van der Waals surface area contributed by atoms with Gasteiger partial charge in [-0.3, -0.25) is 0 Å². The second-order valence-electron chi connectivity index (χ2n) is 5.19. The third kappa shape index (κ3) is 3.14. The summed E-state index contributed by atoms with van der Waals surface area (Å²) < 4.78 is 5.37. The van der Waals surface area contributed by atoms with Gasteiger partial charge in [-0.1, -0.05) is 42.5 Å². The fourth-order valence-corrected chi connectivity index (χ4v) is 2.45. The predicted molar refractivity (Wildman–Crippen MR) is 81.4 cm³/mol. The summed E-state index contributed by atoms with van der Waals surface area (Å²) in [6, 6.07) is 15.6. The topological polar surface area (TPSA) is 21.3 Å². The maximum atomic E-state index is 5.37. The van der Waals surface area contributed by atoms with Crippen LogP contribution in [0.5, 0.6) is 0 Å². The second kappa shape index (κ2) is 6.18. The van der Waals surface area contributed by atoms with E-state index >= 15 is 0 Å². The maximum absolute atomic E-state index is 5.37. The Morgan fingerprint density at radius 1 is 0.947 bits per heavy atom. The van der Waals surface area contributed by atoms with Crippen LogP contribution in [0.15, 0.2) is 42.5 Å². The molecule has 0 aromatic heterocycles. The molecular formula is C17H23NO. The van der Waals surface area contributed by atoms with Crippen molar-refractivity contribution in [3.63, 3.8) is 0 Å². The first kappa shape index (κ1) is 14.0. The number of rotatable bonds is 5. The van der Waals surface area contributed by atoms with Crippen LogP contribution in [0.25, 0.3) is 10.8 Å². The molecule has 19 heavy (non-hydrogen) atoms. The number of hydrogen-bond donors (Lipinski definition) is 1.